The lowest BCUT2D eigenvalue weighted by Crippen LogP contribution is -2.35. The van der Waals surface area contributed by atoms with Crippen LogP contribution in [0.4, 0.5) is 4.39 Å². The molecule has 5 atom stereocenters. The summed E-state index contributed by atoms with van der Waals surface area (Å²) < 4.78 is 38.6. The van der Waals surface area contributed by atoms with Crippen LogP contribution in [-0.4, -0.2) is 52.6 Å². The summed E-state index contributed by atoms with van der Waals surface area (Å²) in [6, 6.07) is -1.18. The second-order valence-corrected chi connectivity index (χ2v) is 5.13. The highest BCUT2D eigenvalue weighted by molar-refractivity contribution is 7.50. The quantitative estimate of drug-likeness (QED) is 0.483. The summed E-state index contributed by atoms with van der Waals surface area (Å²) in [4.78, 5) is 10.9. The molecule has 1 aliphatic heterocycles. The van der Waals surface area contributed by atoms with E-state index in [-0.39, 0.29) is 6.61 Å². The first-order valence-electron chi connectivity index (χ1n) is 4.36. The zero-order valence-corrected chi connectivity index (χ0v) is 9.35. The van der Waals surface area contributed by atoms with Crippen molar-refractivity contribution in [3.05, 3.63) is 0 Å². The Kier molecular flexibility index (Phi) is 4.32. The van der Waals surface area contributed by atoms with Gasteiger partial charge in [-0.15, -0.1) is 0 Å². The first-order valence-corrected chi connectivity index (χ1v) is 6.35. The van der Waals surface area contributed by atoms with Crippen molar-refractivity contribution in [1.82, 2.24) is 0 Å². The Morgan fingerprint density at radius 1 is 1.67 bits per heavy atom. The minimum Gasteiger partial charge on any atom is -0.779 e. The number of alkyl halides is 1. The number of hydrogen-bond donors (Lipinski definition) is 0. The number of hydrogen-bond acceptors (Lipinski definition) is 5. The molecule has 1 fully saturated rings. The van der Waals surface area contributed by atoms with Crippen molar-refractivity contribution in [3.63, 3.8) is 0 Å². The molecule has 0 spiro atoms. The summed E-state index contributed by atoms with van der Waals surface area (Å²) in [6.45, 7) is 0.895. The lowest BCUT2D eigenvalue weighted by molar-refractivity contribution is -0.203. The van der Waals surface area contributed by atoms with Crippen LogP contribution in [-0.2, 0) is 18.6 Å². The van der Waals surface area contributed by atoms with Crippen LogP contribution < -0.4 is 4.89 Å². The Morgan fingerprint density at radius 2 is 2.27 bits per heavy atom. The van der Waals surface area contributed by atoms with E-state index in [0.717, 1.165) is 6.66 Å². The first kappa shape index (κ1) is 13.1. The second kappa shape index (κ2) is 4.93. The fourth-order valence-corrected chi connectivity index (χ4v) is 2.09. The van der Waals surface area contributed by atoms with Crippen molar-refractivity contribution in [1.29, 1.82) is 0 Å². The molecule has 1 rings (SSSR count). The van der Waals surface area contributed by atoms with E-state index in [1.807, 2.05) is 0 Å². The molecule has 8 heteroatoms. The predicted molar refractivity (Wildman–Crippen MR) is 49.6 cm³/mol. The Morgan fingerprint density at radius 3 is 2.73 bits per heavy atom. The summed E-state index contributed by atoms with van der Waals surface area (Å²) in [6.07, 6.45) is -3.71. The number of rotatable bonds is 4. The normalized spacial score (nSPS) is 40.3. The van der Waals surface area contributed by atoms with Gasteiger partial charge < -0.3 is 23.5 Å². The molecule has 0 aromatic carbocycles. The van der Waals surface area contributed by atoms with E-state index in [4.69, 9.17) is 17.3 Å². The third-order valence-corrected chi connectivity index (χ3v) is 2.60. The van der Waals surface area contributed by atoms with Crippen LogP contribution in [0.15, 0.2) is 0 Å². The topological polar surface area (TPSA) is 67.8 Å². The minimum absolute atomic E-state index is 0.0266. The summed E-state index contributed by atoms with van der Waals surface area (Å²) in [5.74, 6) is 0. The van der Waals surface area contributed by atoms with Gasteiger partial charge in [-0.25, -0.2) is 4.39 Å². The van der Waals surface area contributed by atoms with Crippen molar-refractivity contribution in [2.75, 3.05) is 20.4 Å². The van der Waals surface area contributed by atoms with Crippen molar-refractivity contribution in [3.8, 4) is 0 Å². The highest BCUT2D eigenvalue weighted by Crippen LogP contribution is 2.39. The van der Waals surface area contributed by atoms with Crippen LogP contribution in [0.3, 0.4) is 0 Å². The molecule has 5 nitrogen and oxygen atoms in total. The third-order valence-electron chi connectivity index (χ3n) is 1.97. The van der Waals surface area contributed by atoms with Gasteiger partial charge in [0.2, 0.25) is 0 Å². The van der Waals surface area contributed by atoms with E-state index in [1.54, 1.807) is 0 Å². The average Bonchev–Trinajstić information content (AvgIpc) is 2.32. The Labute approximate surface area is 88.8 Å². The van der Waals surface area contributed by atoms with E-state index >= 15 is 0 Å². The predicted octanol–water partition coefficient (Wildman–Crippen LogP) is -0.567. The molecule has 2 radical (unpaired) electrons. The van der Waals surface area contributed by atoms with Crippen LogP contribution in [0.1, 0.15) is 0 Å². The van der Waals surface area contributed by atoms with Gasteiger partial charge in [-0.05, 0) is 0 Å². The van der Waals surface area contributed by atoms with Gasteiger partial charge in [-0.3, -0.25) is 0 Å². The van der Waals surface area contributed by atoms with E-state index < -0.39 is 32.0 Å². The molecule has 0 amide bonds. The maximum Gasteiger partial charge on any atom is 0.147 e. The van der Waals surface area contributed by atoms with E-state index in [9.17, 15) is 13.8 Å². The van der Waals surface area contributed by atoms with Gasteiger partial charge in [0.25, 0.3) is 0 Å². The molecule has 0 aromatic rings. The highest BCUT2D eigenvalue weighted by atomic mass is 31.2. The van der Waals surface area contributed by atoms with Crippen LogP contribution >= 0.6 is 7.60 Å². The summed E-state index contributed by atoms with van der Waals surface area (Å²) >= 11 is 0. The van der Waals surface area contributed by atoms with Crippen LogP contribution in [0.25, 0.3) is 0 Å². The molecule has 15 heavy (non-hydrogen) atoms. The van der Waals surface area contributed by atoms with Gasteiger partial charge in [0.05, 0.1) is 12.6 Å². The standard InChI is InChI=1S/C7H13BFO5P/c1-12-3-4-6(14-15(2,10)11)5(9)7(8)13-4/h4-7H,3H2,1-2H3,(H,10,11)/p-1/t4-,5-,6?,7-/m1/s1. The molecular weight excluding hydrogens is 225 g/mol. The van der Waals surface area contributed by atoms with Crippen molar-refractivity contribution in [2.45, 2.75) is 24.4 Å². The largest absolute Gasteiger partial charge is 0.779 e. The maximum absolute atomic E-state index is 13.4. The van der Waals surface area contributed by atoms with Gasteiger partial charge in [-0.2, -0.15) is 0 Å². The van der Waals surface area contributed by atoms with E-state index in [0.29, 0.717) is 0 Å². The number of ether oxygens (including phenoxy) is 2. The van der Waals surface area contributed by atoms with Crippen LogP contribution in [0.2, 0.25) is 0 Å². The zero-order chi connectivity index (χ0) is 11.6. The molecule has 86 valence electrons. The highest BCUT2D eigenvalue weighted by Gasteiger charge is 2.44. The molecule has 2 unspecified atom stereocenters. The molecule has 0 bridgehead atoms. The fourth-order valence-electron chi connectivity index (χ4n) is 1.39. The van der Waals surface area contributed by atoms with Gasteiger partial charge >= 0.3 is 0 Å². The molecular formula is C7H12BFO5P-. The van der Waals surface area contributed by atoms with Crippen molar-refractivity contribution < 1.29 is 27.8 Å². The molecule has 1 heterocycles. The van der Waals surface area contributed by atoms with Gasteiger partial charge in [0, 0.05) is 13.8 Å². The first-order chi connectivity index (χ1) is 6.85. The number of halogens is 1. The molecule has 0 aromatic heterocycles. The molecule has 0 N–H and O–H groups in total. The molecule has 0 aliphatic carbocycles. The smallest absolute Gasteiger partial charge is 0.147 e. The van der Waals surface area contributed by atoms with Crippen molar-refractivity contribution >= 4 is 15.4 Å². The zero-order valence-electron chi connectivity index (χ0n) is 8.46. The Bertz CT molecular complexity index is 260. The van der Waals surface area contributed by atoms with Gasteiger partial charge in [0.1, 0.15) is 33.8 Å². The average molecular weight is 237 g/mol. The lowest BCUT2D eigenvalue weighted by Gasteiger charge is -2.26. The molecule has 1 aliphatic rings. The lowest BCUT2D eigenvalue weighted by atomic mass is 9.94. The molecule has 0 saturated carbocycles. The minimum atomic E-state index is -4.02. The fraction of sp³-hybridized carbons (Fsp3) is 1.00. The Hall–Kier alpha value is 0.0649. The van der Waals surface area contributed by atoms with E-state index in [1.165, 1.54) is 7.11 Å². The van der Waals surface area contributed by atoms with Crippen molar-refractivity contribution in [2.24, 2.45) is 0 Å². The van der Waals surface area contributed by atoms with Gasteiger partial charge in [0.15, 0.2) is 0 Å². The summed E-state index contributed by atoms with van der Waals surface area (Å²) in [5.41, 5.74) is 0. The monoisotopic (exact) mass is 237 g/mol. The van der Waals surface area contributed by atoms with E-state index in [2.05, 4.69) is 4.52 Å². The SMILES string of the molecule is [B][C@@H]1O[C@H](COC)C(OP(C)(=O)[O-])[C@H]1F. The number of methoxy groups -OCH3 is 1. The molecule has 1 saturated heterocycles. The second-order valence-electron chi connectivity index (χ2n) is 3.38. The van der Waals surface area contributed by atoms with Crippen LogP contribution in [0, 0.1) is 0 Å². The maximum atomic E-state index is 13.4. The third kappa shape index (κ3) is 3.54. The van der Waals surface area contributed by atoms with Gasteiger partial charge in [-0.1, -0.05) is 0 Å². The summed E-state index contributed by atoms with van der Waals surface area (Å²) in [7, 11) is 2.65. The van der Waals surface area contributed by atoms with Crippen LogP contribution in [0.5, 0.6) is 0 Å². The summed E-state index contributed by atoms with van der Waals surface area (Å²) in [5, 5.41) is 0. The Balaban J connectivity index is 2.68.